The Hall–Kier alpha value is -3.39. The molecule has 6 nitrogen and oxygen atoms in total. The van der Waals surface area contributed by atoms with E-state index in [9.17, 15) is 17.6 Å². The van der Waals surface area contributed by atoms with Gasteiger partial charge in [-0.05, 0) is 74.0 Å². The second-order valence-electron chi connectivity index (χ2n) is 6.95. The van der Waals surface area contributed by atoms with Crippen LogP contribution in [-0.4, -0.2) is 20.4 Å². The normalized spacial score (nSPS) is 12.1. The number of sulfonamides is 1. The van der Waals surface area contributed by atoms with Gasteiger partial charge in [0, 0.05) is 11.4 Å². The van der Waals surface area contributed by atoms with Crippen LogP contribution in [0.3, 0.4) is 0 Å². The van der Waals surface area contributed by atoms with Gasteiger partial charge in [-0.25, -0.2) is 12.8 Å². The van der Waals surface area contributed by atoms with E-state index in [0.29, 0.717) is 23.5 Å². The summed E-state index contributed by atoms with van der Waals surface area (Å²) in [4.78, 5) is 12.6. The van der Waals surface area contributed by atoms with Gasteiger partial charge < -0.3 is 10.1 Å². The zero-order chi connectivity index (χ0) is 22.4. The maximum absolute atomic E-state index is 13.0. The van der Waals surface area contributed by atoms with Gasteiger partial charge in [0.2, 0.25) is 0 Å². The maximum atomic E-state index is 13.0. The number of aryl methyl sites for hydroxylation is 1. The number of carbonyl (C=O) groups excluding carboxylic acids is 1. The molecule has 0 aliphatic rings. The van der Waals surface area contributed by atoms with Crippen LogP contribution in [0.2, 0.25) is 0 Å². The monoisotopic (exact) mass is 442 g/mol. The molecule has 8 heteroatoms. The lowest BCUT2D eigenvalue weighted by atomic mass is 10.2. The van der Waals surface area contributed by atoms with E-state index in [1.54, 1.807) is 19.1 Å². The molecule has 0 aliphatic heterocycles. The fraction of sp³-hybridized carbons (Fsp3) is 0.174. The summed E-state index contributed by atoms with van der Waals surface area (Å²) in [5.41, 5.74) is 1.92. The number of amides is 1. The summed E-state index contributed by atoms with van der Waals surface area (Å²) in [6, 6.07) is 18.2. The number of carbonyl (C=O) groups is 1. The van der Waals surface area contributed by atoms with Gasteiger partial charge in [-0.2, -0.15) is 0 Å². The van der Waals surface area contributed by atoms with E-state index in [1.807, 2.05) is 19.1 Å². The number of benzene rings is 3. The van der Waals surface area contributed by atoms with Crippen LogP contribution in [0, 0.1) is 12.7 Å². The van der Waals surface area contributed by atoms with Gasteiger partial charge >= 0.3 is 0 Å². The third-order valence-corrected chi connectivity index (χ3v) is 5.89. The van der Waals surface area contributed by atoms with Gasteiger partial charge in [0.15, 0.2) is 6.10 Å². The molecule has 0 saturated heterocycles. The highest BCUT2D eigenvalue weighted by Gasteiger charge is 2.19. The molecule has 2 N–H and O–H groups in total. The van der Waals surface area contributed by atoms with Crippen molar-refractivity contribution in [2.45, 2.75) is 31.3 Å². The van der Waals surface area contributed by atoms with Crippen LogP contribution in [0.5, 0.6) is 5.75 Å². The zero-order valence-corrected chi connectivity index (χ0v) is 17.9. The quantitative estimate of drug-likeness (QED) is 0.528. The zero-order valence-electron chi connectivity index (χ0n) is 17.1. The Bertz CT molecular complexity index is 1130. The highest BCUT2D eigenvalue weighted by Crippen LogP contribution is 2.20. The maximum Gasteiger partial charge on any atom is 0.265 e. The SMILES string of the molecule is CC[C@H](Oc1ccc(F)cc1)C(=O)Nc1ccc(S(=O)(=O)Nc2ccc(C)cc2)cc1. The first-order valence-electron chi connectivity index (χ1n) is 9.69. The minimum atomic E-state index is -3.75. The minimum Gasteiger partial charge on any atom is -0.481 e. The summed E-state index contributed by atoms with van der Waals surface area (Å²) in [6.45, 7) is 3.71. The highest BCUT2D eigenvalue weighted by molar-refractivity contribution is 7.92. The summed E-state index contributed by atoms with van der Waals surface area (Å²) in [6.07, 6.45) is -0.382. The van der Waals surface area contributed by atoms with E-state index >= 15 is 0 Å². The van der Waals surface area contributed by atoms with Gasteiger partial charge in [-0.15, -0.1) is 0 Å². The number of hydrogen-bond acceptors (Lipinski definition) is 4. The first kappa shape index (κ1) is 22.3. The fourth-order valence-electron chi connectivity index (χ4n) is 2.78. The average molecular weight is 443 g/mol. The van der Waals surface area contributed by atoms with Gasteiger partial charge in [0.05, 0.1) is 4.90 Å². The van der Waals surface area contributed by atoms with E-state index in [4.69, 9.17) is 4.74 Å². The van der Waals surface area contributed by atoms with E-state index < -0.39 is 21.9 Å². The lowest BCUT2D eigenvalue weighted by molar-refractivity contribution is -0.122. The first-order chi connectivity index (χ1) is 14.8. The molecule has 0 heterocycles. The topological polar surface area (TPSA) is 84.5 Å². The van der Waals surface area contributed by atoms with Crippen molar-refractivity contribution in [3.63, 3.8) is 0 Å². The third kappa shape index (κ3) is 6.05. The second kappa shape index (κ2) is 9.61. The van der Waals surface area contributed by atoms with E-state index in [-0.39, 0.29) is 10.8 Å². The van der Waals surface area contributed by atoms with Crippen molar-refractivity contribution in [1.82, 2.24) is 0 Å². The number of halogens is 1. The fourth-order valence-corrected chi connectivity index (χ4v) is 3.83. The van der Waals surface area contributed by atoms with Gasteiger partial charge in [0.25, 0.3) is 15.9 Å². The minimum absolute atomic E-state index is 0.0701. The number of hydrogen-bond donors (Lipinski definition) is 2. The summed E-state index contributed by atoms with van der Waals surface area (Å²) in [5, 5.41) is 2.71. The smallest absolute Gasteiger partial charge is 0.265 e. The number of ether oxygens (including phenoxy) is 1. The second-order valence-corrected chi connectivity index (χ2v) is 8.64. The summed E-state index contributed by atoms with van der Waals surface area (Å²) in [5.74, 6) is -0.399. The summed E-state index contributed by atoms with van der Waals surface area (Å²) >= 11 is 0. The van der Waals surface area contributed by atoms with E-state index in [0.717, 1.165) is 5.56 Å². The van der Waals surface area contributed by atoms with E-state index in [2.05, 4.69) is 10.0 Å². The molecule has 0 bridgehead atoms. The van der Waals surface area contributed by atoms with E-state index in [1.165, 1.54) is 48.5 Å². The highest BCUT2D eigenvalue weighted by atomic mass is 32.2. The van der Waals surface area contributed by atoms with Crippen molar-refractivity contribution in [2.24, 2.45) is 0 Å². The molecule has 0 fully saturated rings. The molecule has 162 valence electrons. The Morgan fingerprint density at radius 2 is 1.52 bits per heavy atom. The largest absolute Gasteiger partial charge is 0.481 e. The predicted octanol–water partition coefficient (Wildman–Crippen LogP) is 4.73. The van der Waals surface area contributed by atoms with Crippen molar-refractivity contribution in [3.05, 3.63) is 84.2 Å². The Labute approximate surface area is 181 Å². The molecule has 0 saturated carbocycles. The van der Waals surface area contributed by atoms with Crippen molar-refractivity contribution in [3.8, 4) is 5.75 Å². The Morgan fingerprint density at radius 1 is 0.935 bits per heavy atom. The molecule has 3 aromatic rings. The van der Waals surface area contributed by atoms with Gasteiger partial charge in [-0.3, -0.25) is 9.52 Å². The van der Waals surface area contributed by atoms with Crippen molar-refractivity contribution >= 4 is 27.3 Å². The van der Waals surface area contributed by atoms with Crippen molar-refractivity contribution in [2.75, 3.05) is 10.0 Å². The van der Waals surface area contributed by atoms with Crippen LogP contribution in [0.25, 0.3) is 0 Å². The van der Waals surface area contributed by atoms with Crippen LogP contribution in [0.15, 0.2) is 77.7 Å². The Kier molecular flexibility index (Phi) is 6.91. The van der Waals surface area contributed by atoms with Crippen LogP contribution in [-0.2, 0) is 14.8 Å². The lowest BCUT2D eigenvalue weighted by Crippen LogP contribution is -2.32. The molecule has 0 spiro atoms. The number of rotatable bonds is 8. The molecule has 31 heavy (non-hydrogen) atoms. The molecule has 3 rings (SSSR count). The molecule has 0 aromatic heterocycles. The standard InChI is InChI=1S/C23H23FN2O4S/c1-3-22(30-20-12-6-17(24)7-13-20)23(27)25-18-10-14-21(15-11-18)31(28,29)26-19-8-4-16(2)5-9-19/h4-15,22,26H,3H2,1-2H3,(H,25,27)/t22-/m0/s1. The van der Waals surface area contributed by atoms with Crippen LogP contribution in [0.1, 0.15) is 18.9 Å². The third-order valence-electron chi connectivity index (χ3n) is 4.49. The molecule has 1 atom stereocenters. The first-order valence-corrected chi connectivity index (χ1v) is 11.2. The van der Waals surface area contributed by atoms with Crippen molar-refractivity contribution < 1.29 is 22.3 Å². The summed E-state index contributed by atoms with van der Waals surface area (Å²) < 4.78 is 46.3. The number of nitrogens with one attached hydrogen (secondary N) is 2. The lowest BCUT2D eigenvalue weighted by Gasteiger charge is -2.17. The van der Waals surface area contributed by atoms with Gasteiger partial charge in [0.1, 0.15) is 11.6 Å². The van der Waals surface area contributed by atoms with Crippen LogP contribution >= 0.6 is 0 Å². The number of anilines is 2. The van der Waals surface area contributed by atoms with Crippen LogP contribution in [0.4, 0.5) is 15.8 Å². The Balaban J connectivity index is 1.65. The molecule has 3 aromatic carbocycles. The molecular formula is C23H23FN2O4S. The molecule has 0 aliphatic carbocycles. The summed E-state index contributed by atoms with van der Waals surface area (Å²) in [7, 11) is -3.75. The van der Waals surface area contributed by atoms with Gasteiger partial charge in [-0.1, -0.05) is 24.6 Å². The van der Waals surface area contributed by atoms with Crippen LogP contribution < -0.4 is 14.8 Å². The predicted molar refractivity (Wildman–Crippen MR) is 118 cm³/mol. The molecule has 1 amide bonds. The molecule has 0 unspecified atom stereocenters. The van der Waals surface area contributed by atoms with Crippen molar-refractivity contribution in [1.29, 1.82) is 0 Å². The average Bonchev–Trinajstić information content (AvgIpc) is 2.75. The molecule has 0 radical (unpaired) electrons. The molecular weight excluding hydrogens is 419 g/mol. The Morgan fingerprint density at radius 3 is 2.10 bits per heavy atom.